The quantitative estimate of drug-likeness (QED) is 0.289. The number of piperidine rings is 1. The lowest BCUT2D eigenvalue weighted by Gasteiger charge is -2.34. The van der Waals surface area contributed by atoms with Crippen LogP contribution in [0, 0.1) is 23.6 Å². The van der Waals surface area contributed by atoms with Gasteiger partial charge in [0.1, 0.15) is 35.6 Å². The lowest BCUT2D eigenvalue weighted by molar-refractivity contribution is 0.0511. The second-order valence-corrected chi connectivity index (χ2v) is 14.6. The molecular formula is C34H40ClF2N5O4. The number of benzene rings is 1. The third-order valence-corrected chi connectivity index (χ3v) is 11.4. The number of aliphatic hydroxyl groups excluding tert-OH is 1. The number of pyridine rings is 1. The highest BCUT2D eigenvalue weighted by Crippen LogP contribution is 2.53. The standard InChI is InChI=1S/C34H40ClF2N5O4/c1-18-6-23(18)28-24(9-22(10-26(28)35)46-17-44-2)30-29(37)31-25(12-38-30)32(41-13-19-7-20(14-41)27(43)8-19)40-33(39-31)45-16-34-4-3-5-42(34)15-21(36)11-34/h9-10,12,18-21,23,27,43H,3-8,11,13-17H2,1-2H3/t18-,19+,20+,21+,23+,27+,34-/m0/s1. The van der Waals surface area contributed by atoms with E-state index in [1.54, 1.807) is 18.3 Å². The SMILES string of the molecule is COCOc1cc(Cl)c([C@@H]2C[C@@H]2C)c(-c2ncc3c(N4C[C@@H]5C[C@H](C4)[C@H](O)C5)nc(OC[C@@]45CCCN4C[C@H](F)C5)nc3c2F)c1. The van der Waals surface area contributed by atoms with E-state index in [9.17, 15) is 9.50 Å². The Labute approximate surface area is 272 Å². The molecule has 246 valence electrons. The summed E-state index contributed by atoms with van der Waals surface area (Å²) in [5.74, 6) is 1.46. The fraction of sp³-hybridized carbons (Fsp3) is 0.618. The predicted molar refractivity (Wildman–Crippen MR) is 170 cm³/mol. The fourth-order valence-corrected chi connectivity index (χ4v) is 9.02. The van der Waals surface area contributed by atoms with E-state index >= 15 is 4.39 Å². The van der Waals surface area contributed by atoms with Gasteiger partial charge >= 0.3 is 6.01 Å². The molecule has 2 bridgehead atoms. The summed E-state index contributed by atoms with van der Waals surface area (Å²) >= 11 is 6.81. The van der Waals surface area contributed by atoms with Gasteiger partial charge in [-0.25, -0.2) is 8.78 Å². The summed E-state index contributed by atoms with van der Waals surface area (Å²) in [6, 6.07) is 3.57. The Morgan fingerprint density at radius 2 is 1.98 bits per heavy atom. The maximum absolute atomic E-state index is 17.0. The van der Waals surface area contributed by atoms with Crippen LogP contribution in [0.1, 0.15) is 56.9 Å². The highest BCUT2D eigenvalue weighted by atomic mass is 35.5. The number of alkyl halides is 1. The summed E-state index contributed by atoms with van der Waals surface area (Å²) in [6.07, 6.45) is 5.29. The van der Waals surface area contributed by atoms with E-state index in [1.807, 2.05) is 0 Å². The number of methoxy groups -OCH3 is 1. The summed E-state index contributed by atoms with van der Waals surface area (Å²) in [5.41, 5.74) is 1.25. The van der Waals surface area contributed by atoms with Gasteiger partial charge in [-0.2, -0.15) is 9.97 Å². The zero-order valence-corrected chi connectivity index (χ0v) is 27.0. The van der Waals surface area contributed by atoms with Crippen molar-refractivity contribution < 1.29 is 28.1 Å². The molecule has 0 amide bonds. The Morgan fingerprint density at radius 1 is 1.13 bits per heavy atom. The van der Waals surface area contributed by atoms with Gasteiger partial charge in [-0.05, 0) is 74.1 Å². The van der Waals surface area contributed by atoms with Crippen molar-refractivity contribution in [2.75, 3.05) is 51.6 Å². The summed E-state index contributed by atoms with van der Waals surface area (Å²) in [6.45, 7) is 4.96. The van der Waals surface area contributed by atoms with Crippen LogP contribution < -0.4 is 14.4 Å². The molecule has 1 N–H and O–H groups in total. The minimum Gasteiger partial charge on any atom is -0.467 e. The molecule has 3 saturated heterocycles. The summed E-state index contributed by atoms with van der Waals surface area (Å²) in [7, 11) is 1.53. The first-order valence-corrected chi connectivity index (χ1v) is 16.9. The highest BCUT2D eigenvalue weighted by Gasteiger charge is 2.49. The molecule has 0 radical (unpaired) electrons. The van der Waals surface area contributed by atoms with Gasteiger partial charge in [0.2, 0.25) is 0 Å². The zero-order chi connectivity index (χ0) is 31.7. The molecule has 2 aromatic heterocycles. The van der Waals surface area contributed by atoms with Gasteiger partial charge in [0, 0.05) is 55.9 Å². The zero-order valence-electron chi connectivity index (χ0n) is 26.2. The van der Waals surface area contributed by atoms with Gasteiger partial charge in [0.15, 0.2) is 12.6 Å². The normalized spacial score (nSPS) is 31.9. The van der Waals surface area contributed by atoms with Crippen LogP contribution in [0.3, 0.4) is 0 Å². The largest absolute Gasteiger partial charge is 0.467 e. The van der Waals surface area contributed by atoms with Crippen molar-refractivity contribution in [1.29, 1.82) is 0 Å². The molecule has 5 heterocycles. The van der Waals surface area contributed by atoms with E-state index in [0.29, 0.717) is 65.4 Å². The van der Waals surface area contributed by atoms with Crippen molar-refractivity contribution in [3.8, 4) is 23.0 Å². The number of aromatic nitrogens is 3. The predicted octanol–water partition coefficient (Wildman–Crippen LogP) is 5.75. The molecular weight excluding hydrogens is 616 g/mol. The smallest absolute Gasteiger partial charge is 0.319 e. The lowest BCUT2D eigenvalue weighted by atomic mass is 9.95. The number of hydrogen-bond donors (Lipinski definition) is 1. The third-order valence-electron chi connectivity index (χ3n) is 11.0. The third kappa shape index (κ3) is 5.27. The topological polar surface area (TPSA) is 93.1 Å². The van der Waals surface area contributed by atoms with E-state index in [0.717, 1.165) is 44.2 Å². The van der Waals surface area contributed by atoms with E-state index in [-0.39, 0.29) is 48.6 Å². The Bertz CT molecular complexity index is 1660. The van der Waals surface area contributed by atoms with Crippen LogP contribution >= 0.6 is 11.6 Å². The van der Waals surface area contributed by atoms with Crippen molar-refractivity contribution in [3.05, 3.63) is 34.7 Å². The molecule has 3 aliphatic heterocycles. The van der Waals surface area contributed by atoms with Crippen LogP contribution in [0.25, 0.3) is 22.2 Å². The second kappa shape index (κ2) is 11.7. The molecule has 5 aliphatic rings. The van der Waals surface area contributed by atoms with Gasteiger partial charge < -0.3 is 24.2 Å². The van der Waals surface area contributed by atoms with Gasteiger partial charge in [-0.1, -0.05) is 18.5 Å². The Balaban J connectivity index is 1.23. The number of ether oxygens (including phenoxy) is 3. The molecule has 7 atom stereocenters. The molecule has 1 aromatic carbocycles. The lowest BCUT2D eigenvalue weighted by Crippen LogP contribution is -2.43. The molecule has 46 heavy (non-hydrogen) atoms. The number of anilines is 1. The molecule has 3 aromatic rings. The number of hydrogen-bond acceptors (Lipinski definition) is 9. The summed E-state index contributed by atoms with van der Waals surface area (Å²) in [5, 5.41) is 11.6. The minimum absolute atomic E-state index is 0.0223. The number of halogens is 3. The van der Waals surface area contributed by atoms with E-state index < -0.39 is 17.5 Å². The monoisotopic (exact) mass is 655 g/mol. The van der Waals surface area contributed by atoms with Crippen LogP contribution in [-0.4, -0.2) is 89.5 Å². The van der Waals surface area contributed by atoms with Crippen LogP contribution in [0.15, 0.2) is 18.3 Å². The Hall–Kier alpha value is -2.86. The van der Waals surface area contributed by atoms with E-state index in [1.165, 1.54) is 7.11 Å². The molecule has 2 saturated carbocycles. The molecule has 0 spiro atoms. The van der Waals surface area contributed by atoms with Gasteiger partial charge in [0.05, 0.1) is 17.0 Å². The van der Waals surface area contributed by atoms with Crippen LogP contribution in [-0.2, 0) is 4.74 Å². The average Bonchev–Trinajstić information content (AvgIpc) is 3.34. The van der Waals surface area contributed by atoms with Crippen molar-refractivity contribution in [2.45, 2.75) is 69.2 Å². The van der Waals surface area contributed by atoms with Crippen molar-refractivity contribution >= 4 is 28.3 Å². The number of nitrogens with zero attached hydrogens (tertiary/aromatic N) is 5. The van der Waals surface area contributed by atoms with Crippen molar-refractivity contribution in [1.82, 2.24) is 19.9 Å². The number of aliphatic hydroxyl groups is 1. The summed E-state index contributed by atoms with van der Waals surface area (Å²) in [4.78, 5) is 18.5. The molecule has 9 nitrogen and oxygen atoms in total. The molecule has 5 fully saturated rings. The Kier molecular flexibility index (Phi) is 7.74. The first kappa shape index (κ1) is 30.5. The Morgan fingerprint density at radius 3 is 2.76 bits per heavy atom. The molecule has 0 unspecified atom stereocenters. The molecule has 2 aliphatic carbocycles. The van der Waals surface area contributed by atoms with E-state index in [2.05, 4.69) is 26.7 Å². The highest BCUT2D eigenvalue weighted by molar-refractivity contribution is 6.32. The van der Waals surface area contributed by atoms with Gasteiger partial charge in [-0.15, -0.1) is 0 Å². The van der Waals surface area contributed by atoms with Gasteiger partial charge in [-0.3, -0.25) is 9.88 Å². The van der Waals surface area contributed by atoms with Crippen LogP contribution in [0.5, 0.6) is 11.8 Å². The average molecular weight is 656 g/mol. The van der Waals surface area contributed by atoms with Crippen molar-refractivity contribution in [3.63, 3.8) is 0 Å². The maximum atomic E-state index is 17.0. The minimum atomic E-state index is -0.892. The van der Waals surface area contributed by atoms with E-state index in [4.69, 9.17) is 30.8 Å². The van der Waals surface area contributed by atoms with Crippen molar-refractivity contribution in [2.24, 2.45) is 17.8 Å². The summed E-state index contributed by atoms with van der Waals surface area (Å²) < 4.78 is 48.6. The second-order valence-electron chi connectivity index (χ2n) is 14.2. The van der Waals surface area contributed by atoms with Gasteiger partial charge in [0.25, 0.3) is 0 Å². The molecule has 12 heteroatoms. The van der Waals surface area contributed by atoms with Crippen LogP contribution in [0.4, 0.5) is 14.6 Å². The fourth-order valence-electron chi connectivity index (χ4n) is 8.67. The van der Waals surface area contributed by atoms with Crippen LogP contribution in [0.2, 0.25) is 5.02 Å². The molecule has 8 rings (SSSR count). The first-order valence-electron chi connectivity index (χ1n) is 16.5. The first-order chi connectivity index (χ1) is 22.2. The number of rotatable bonds is 9. The maximum Gasteiger partial charge on any atom is 0.319 e. The number of fused-ring (bicyclic) bond motifs is 4.